The first-order valence-corrected chi connectivity index (χ1v) is 11.7. The van der Waals surface area contributed by atoms with E-state index < -0.39 is 0 Å². The average molecular weight is 504 g/mol. The molecule has 4 rings (SSSR count). The van der Waals surface area contributed by atoms with Crippen molar-refractivity contribution < 1.29 is 9.53 Å². The number of carbonyl (C=O) groups excluding carboxylic acids is 1. The van der Waals surface area contributed by atoms with Crippen LogP contribution in [0.25, 0.3) is 16.9 Å². The molecule has 162 valence electrons. The van der Waals surface area contributed by atoms with E-state index in [-0.39, 0.29) is 11.5 Å². The third kappa shape index (κ3) is 4.81. The third-order valence-corrected chi connectivity index (χ3v) is 6.56. The van der Waals surface area contributed by atoms with Gasteiger partial charge in [0.05, 0.1) is 34.3 Å². The predicted octanol–water partition coefficient (Wildman–Crippen LogP) is 7.48. The van der Waals surface area contributed by atoms with Crippen LogP contribution in [0, 0.1) is 0 Å². The second-order valence-electron chi connectivity index (χ2n) is 6.77. The average Bonchev–Trinajstić information content (AvgIpc) is 3.21. The Morgan fingerprint density at radius 1 is 1.00 bits per heavy atom. The molecule has 0 bridgehead atoms. The summed E-state index contributed by atoms with van der Waals surface area (Å²) in [6.45, 7) is 0. The van der Waals surface area contributed by atoms with E-state index in [1.165, 1.54) is 11.8 Å². The normalized spacial score (nSPS) is 10.9. The number of Topliss-reactive ketones (excluding diaryl/α,β-unsaturated/α-hetero) is 1. The third-order valence-electron chi connectivity index (χ3n) is 4.73. The second-order valence-corrected chi connectivity index (χ2v) is 8.96. The summed E-state index contributed by atoms with van der Waals surface area (Å²) in [7, 11) is 1.61. The number of halogens is 3. The molecule has 3 aromatic carbocycles. The Balaban J connectivity index is 1.73. The number of nitrogens with zero attached hydrogens (tertiary/aromatic N) is 2. The van der Waals surface area contributed by atoms with Gasteiger partial charge in [0, 0.05) is 22.3 Å². The minimum absolute atomic E-state index is 0.0822. The highest BCUT2D eigenvalue weighted by Gasteiger charge is 2.18. The van der Waals surface area contributed by atoms with Crippen molar-refractivity contribution in [2.75, 3.05) is 12.9 Å². The van der Waals surface area contributed by atoms with Crippen molar-refractivity contribution in [2.45, 2.75) is 5.16 Å². The van der Waals surface area contributed by atoms with Crippen molar-refractivity contribution in [3.63, 3.8) is 0 Å². The van der Waals surface area contributed by atoms with Crippen LogP contribution in [-0.2, 0) is 0 Å². The number of thioether (sulfide) groups is 1. The maximum absolute atomic E-state index is 12.8. The largest absolute Gasteiger partial charge is 0.495 e. The lowest BCUT2D eigenvalue weighted by Crippen LogP contribution is -2.05. The molecule has 8 heteroatoms. The summed E-state index contributed by atoms with van der Waals surface area (Å²) in [6.07, 6.45) is 1.87. The van der Waals surface area contributed by atoms with E-state index in [0.717, 1.165) is 11.3 Å². The fraction of sp³-hybridized carbons (Fsp3) is 0.0833. The Labute approximate surface area is 205 Å². The molecule has 0 aliphatic rings. The van der Waals surface area contributed by atoms with Crippen LogP contribution < -0.4 is 4.74 Å². The Morgan fingerprint density at radius 2 is 1.75 bits per heavy atom. The minimum atomic E-state index is -0.0822. The van der Waals surface area contributed by atoms with Crippen molar-refractivity contribution in [3.8, 4) is 22.7 Å². The Kier molecular flexibility index (Phi) is 7.11. The van der Waals surface area contributed by atoms with Crippen molar-refractivity contribution in [1.82, 2.24) is 9.55 Å². The maximum atomic E-state index is 12.8. The summed E-state index contributed by atoms with van der Waals surface area (Å²) in [5.74, 6) is 0.767. The molecule has 0 radical (unpaired) electrons. The molecular weight excluding hydrogens is 487 g/mol. The number of ketones is 1. The molecule has 0 spiro atoms. The van der Waals surface area contributed by atoms with Crippen molar-refractivity contribution in [2.24, 2.45) is 0 Å². The lowest BCUT2D eigenvalue weighted by atomic mass is 10.1. The van der Waals surface area contributed by atoms with Gasteiger partial charge in [-0.05, 0) is 42.5 Å². The van der Waals surface area contributed by atoms with Crippen LogP contribution in [0.4, 0.5) is 0 Å². The van der Waals surface area contributed by atoms with Crippen molar-refractivity contribution >= 4 is 52.3 Å². The van der Waals surface area contributed by atoms with Gasteiger partial charge < -0.3 is 4.74 Å². The topological polar surface area (TPSA) is 44.1 Å². The minimum Gasteiger partial charge on any atom is -0.495 e. The SMILES string of the molecule is COc1ccccc1-n1cc(-c2ccc(Cl)cc2Cl)nc1SCC(=O)c1ccccc1Cl. The molecule has 1 heterocycles. The van der Waals surface area contributed by atoms with Crippen molar-refractivity contribution in [1.29, 1.82) is 0 Å². The number of carbonyl (C=O) groups is 1. The van der Waals surface area contributed by atoms with Crippen LogP contribution >= 0.6 is 46.6 Å². The summed E-state index contributed by atoms with van der Waals surface area (Å²) >= 11 is 20.0. The van der Waals surface area contributed by atoms with Gasteiger partial charge in [0.15, 0.2) is 10.9 Å². The van der Waals surface area contributed by atoms with E-state index in [4.69, 9.17) is 44.5 Å². The molecule has 4 nitrogen and oxygen atoms in total. The van der Waals surface area contributed by atoms with Gasteiger partial charge in [0.25, 0.3) is 0 Å². The van der Waals surface area contributed by atoms with Crippen molar-refractivity contribution in [3.05, 3.63) is 93.6 Å². The fourth-order valence-corrected chi connectivity index (χ4v) is 4.80. The molecular formula is C24H17Cl3N2O2S. The summed E-state index contributed by atoms with van der Waals surface area (Å²) in [5.41, 5.74) is 2.68. The molecule has 0 saturated carbocycles. The highest BCUT2D eigenvalue weighted by atomic mass is 35.5. The predicted molar refractivity (Wildman–Crippen MR) is 132 cm³/mol. The number of benzene rings is 3. The number of aromatic nitrogens is 2. The van der Waals surface area contributed by atoms with Crippen LogP contribution in [-0.4, -0.2) is 28.2 Å². The Hall–Kier alpha value is -2.44. The van der Waals surface area contributed by atoms with Crippen LogP contribution in [0.1, 0.15) is 10.4 Å². The van der Waals surface area contributed by atoms with Gasteiger partial charge in [-0.25, -0.2) is 4.98 Å². The van der Waals surface area contributed by atoms with Gasteiger partial charge in [-0.15, -0.1) is 0 Å². The molecule has 0 saturated heterocycles. The van der Waals surface area contributed by atoms with E-state index >= 15 is 0 Å². The van der Waals surface area contributed by atoms with Crippen LogP contribution in [0.3, 0.4) is 0 Å². The highest BCUT2D eigenvalue weighted by Crippen LogP contribution is 2.35. The Bertz CT molecular complexity index is 1290. The van der Waals surface area contributed by atoms with Crippen LogP contribution in [0.2, 0.25) is 15.1 Å². The van der Waals surface area contributed by atoms with Gasteiger partial charge >= 0.3 is 0 Å². The zero-order valence-electron chi connectivity index (χ0n) is 16.9. The van der Waals surface area contributed by atoms with Gasteiger partial charge in [-0.3, -0.25) is 9.36 Å². The molecule has 32 heavy (non-hydrogen) atoms. The smallest absolute Gasteiger partial charge is 0.174 e. The number of ether oxygens (including phenoxy) is 1. The zero-order chi connectivity index (χ0) is 22.7. The number of para-hydroxylation sites is 2. The van der Waals surface area contributed by atoms with E-state index in [9.17, 15) is 4.79 Å². The first-order chi connectivity index (χ1) is 15.5. The summed E-state index contributed by atoms with van der Waals surface area (Å²) < 4.78 is 7.43. The molecule has 0 aliphatic heterocycles. The first-order valence-electron chi connectivity index (χ1n) is 9.56. The zero-order valence-corrected chi connectivity index (χ0v) is 20.0. The van der Waals surface area contributed by atoms with E-state index in [1.807, 2.05) is 41.1 Å². The van der Waals surface area contributed by atoms with Crippen LogP contribution in [0.5, 0.6) is 5.75 Å². The van der Waals surface area contributed by atoms with Gasteiger partial charge in [0.1, 0.15) is 5.75 Å². The van der Waals surface area contributed by atoms with Gasteiger partial charge in [0.2, 0.25) is 0 Å². The highest BCUT2D eigenvalue weighted by molar-refractivity contribution is 7.99. The molecule has 0 fully saturated rings. The molecule has 0 unspecified atom stereocenters. The summed E-state index contributed by atoms with van der Waals surface area (Å²) in [5, 5.41) is 2.09. The van der Waals surface area contributed by atoms with E-state index in [1.54, 1.807) is 43.5 Å². The number of methoxy groups -OCH3 is 1. The number of hydrogen-bond acceptors (Lipinski definition) is 4. The molecule has 0 aliphatic carbocycles. The van der Waals surface area contributed by atoms with Gasteiger partial charge in [-0.2, -0.15) is 0 Å². The summed E-state index contributed by atoms with van der Waals surface area (Å²) in [4.78, 5) is 17.5. The molecule has 0 amide bonds. The molecule has 0 atom stereocenters. The molecule has 0 N–H and O–H groups in total. The lowest BCUT2D eigenvalue weighted by molar-refractivity contribution is 0.102. The summed E-state index contributed by atoms with van der Waals surface area (Å²) in [6, 6.07) is 19.9. The van der Waals surface area contributed by atoms with E-state index in [2.05, 4.69) is 0 Å². The number of hydrogen-bond donors (Lipinski definition) is 0. The maximum Gasteiger partial charge on any atom is 0.174 e. The fourth-order valence-electron chi connectivity index (χ4n) is 3.19. The quantitative estimate of drug-likeness (QED) is 0.194. The number of imidazole rings is 1. The first kappa shape index (κ1) is 22.7. The van der Waals surface area contributed by atoms with Crippen LogP contribution in [0.15, 0.2) is 78.1 Å². The Morgan fingerprint density at radius 3 is 2.50 bits per heavy atom. The molecule has 4 aromatic rings. The number of rotatable bonds is 7. The van der Waals surface area contributed by atoms with Gasteiger partial charge in [-0.1, -0.05) is 70.8 Å². The monoisotopic (exact) mass is 502 g/mol. The second kappa shape index (κ2) is 10.0. The standard InChI is InChI=1S/C24H17Cl3N2O2S/c1-31-23-9-5-4-8-21(23)29-13-20(16-11-10-15(25)12-19(16)27)28-24(29)32-14-22(30)17-6-2-3-7-18(17)26/h2-13H,14H2,1H3. The van der Waals surface area contributed by atoms with E-state index in [0.29, 0.717) is 37.2 Å². The molecule has 1 aromatic heterocycles. The lowest BCUT2D eigenvalue weighted by Gasteiger charge is -2.11.